The summed E-state index contributed by atoms with van der Waals surface area (Å²) in [5.41, 5.74) is 6.04. The second-order valence-electron chi connectivity index (χ2n) is 8.20. The SMILES string of the molecule is CCCCCCc1ccc(-c2ccc(-c3ccc(CCCCC)cc3F)cc2)cn1. The van der Waals surface area contributed by atoms with Gasteiger partial charge in [0, 0.05) is 23.0 Å². The predicted octanol–water partition coefficient (Wildman–Crippen LogP) is 8.41. The number of aromatic nitrogens is 1. The first-order valence-electron chi connectivity index (χ1n) is 11.6. The fraction of sp³-hybridized carbons (Fsp3) is 0.393. The summed E-state index contributed by atoms with van der Waals surface area (Å²) in [5, 5.41) is 0. The molecule has 0 bridgehead atoms. The van der Waals surface area contributed by atoms with Crippen LogP contribution in [0.3, 0.4) is 0 Å². The lowest BCUT2D eigenvalue weighted by Crippen LogP contribution is -1.92. The van der Waals surface area contributed by atoms with Crippen LogP contribution in [-0.2, 0) is 12.8 Å². The van der Waals surface area contributed by atoms with Gasteiger partial charge in [0.1, 0.15) is 5.82 Å². The van der Waals surface area contributed by atoms with E-state index < -0.39 is 0 Å². The van der Waals surface area contributed by atoms with Crippen molar-refractivity contribution in [3.8, 4) is 22.3 Å². The molecule has 0 aliphatic heterocycles. The average Bonchev–Trinajstić information content (AvgIpc) is 2.78. The molecule has 30 heavy (non-hydrogen) atoms. The monoisotopic (exact) mass is 403 g/mol. The van der Waals surface area contributed by atoms with Crippen LogP contribution in [0.25, 0.3) is 22.3 Å². The molecule has 0 aliphatic carbocycles. The molecule has 0 spiro atoms. The first-order chi connectivity index (χ1) is 14.7. The van der Waals surface area contributed by atoms with Crippen LogP contribution in [0.1, 0.15) is 70.1 Å². The van der Waals surface area contributed by atoms with Gasteiger partial charge in [0.05, 0.1) is 0 Å². The molecule has 2 aromatic carbocycles. The smallest absolute Gasteiger partial charge is 0.131 e. The van der Waals surface area contributed by atoms with Crippen LogP contribution in [0.15, 0.2) is 60.8 Å². The van der Waals surface area contributed by atoms with Gasteiger partial charge < -0.3 is 0 Å². The summed E-state index contributed by atoms with van der Waals surface area (Å²) in [6.45, 7) is 4.42. The van der Waals surface area contributed by atoms with E-state index in [1.807, 2.05) is 24.4 Å². The Morgan fingerprint density at radius 1 is 0.667 bits per heavy atom. The largest absolute Gasteiger partial charge is 0.261 e. The molecule has 3 rings (SSSR count). The molecule has 0 saturated heterocycles. The van der Waals surface area contributed by atoms with Gasteiger partial charge in [-0.15, -0.1) is 0 Å². The first kappa shape index (κ1) is 22.2. The molecule has 0 atom stereocenters. The molecule has 3 aromatic rings. The summed E-state index contributed by atoms with van der Waals surface area (Å²) in [6.07, 6.45) is 12.5. The maximum atomic E-state index is 14.7. The van der Waals surface area contributed by atoms with E-state index in [1.165, 1.54) is 38.5 Å². The molecule has 0 saturated carbocycles. The Morgan fingerprint density at radius 3 is 2.00 bits per heavy atom. The second kappa shape index (κ2) is 11.6. The Balaban J connectivity index is 1.64. The van der Waals surface area contributed by atoms with E-state index in [9.17, 15) is 4.39 Å². The molecule has 0 N–H and O–H groups in total. The maximum Gasteiger partial charge on any atom is 0.131 e. The van der Waals surface area contributed by atoms with E-state index in [0.717, 1.165) is 47.2 Å². The Hall–Kier alpha value is -2.48. The van der Waals surface area contributed by atoms with Crippen LogP contribution in [0.4, 0.5) is 4.39 Å². The number of aryl methyl sites for hydroxylation is 2. The third-order valence-electron chi connectivity index (χ3n) is 5.74. The number of benzene rings is 2. The average molecular weight is 404 g/mol. The highest BCUT2D eigenvalue weighted by molar-refractivity contribution is 5.70. The normalized spacial score (nSPS) is 11.0. The fourth-order valence-electron chi connectivity index (χ4n) is 3.85. The van der Waals surface area contributed by atoms with E-state index >= 15 is 0 Å². The van der Waals surface area contributed by atoms with Crippen LogP contribution >= 0.6 is 0 Å². The van der Waals surface area contributed by atoms with Gasteiger partial charge in [0.25, 0.3) is 0 Å². The number of halogens is 1. The number of rotatable bonds is 11. The Bertz CT molecular complexity index is 897. The highest BCUT2D eigenvalue weighted by Gasteiger charge is 2.07. The molecule has 0 unspecified atom stereocenters. The first-order valence-corrected chi connectivity index (χ1v) is 11.6. The van der Waals surface area contributed by atoms with Crippen molar-refractivity contribution in [2.24, 2.45) is 0 Å². The lowest BCUT2D eigenvalue weighted by atomic mass is 9.98. The van der Waals surface area contributed by atoms with Gasteiger partial charge in [-0.05, 0) is 54.5 Å². The molecule has 0 amide bonds. The number of hydrogen-bond donors (Lipinski definition) is 0. The molecular weight excluding hydrogens is 369 g/mol. The van der Waals surface area contributed by atoms with Crippen molar-refractivity contribution in [1.82, 2.24) is 4.98 Å². The van der Waals surface area contributed by atoms with Crippen molar-refractivity contribution in [3.05, 3.63) is 77.9 Å². The molecule has 1 nitrogen and oxygen atoms in total. The van der Waals surface area contributed by atoms with Crippen LogP contribution in [-0.4, -0.2) is 4.98 Å². The minimum Gasteiger partial charge on any atom is -0.261 e. The van der Waals surface area contributed by atoms with Crippen molar-refractivity contribution in [2.75, 3.05) is 0 Å². The van der Waals surface area contributed by atoms with Crippen molar-refractivity contribution in [2.45, 2.75) is 71.6 Å². The van der Waals surface area contributed by atoms with E-state index in [-0.39, 0.29) is 5.82 Å². The number of unbranched alkanes of at least 4 members (excludes halogenated alkanes) is 5. The highest BCUT2D eigenvalue weighted by Crippen LogP contribution is 2.27. The Kier molecular flexibility index (Phi) is 8.62. The molecule has 158 valence electrons. The molecule has 1 heterocycles. The summed E-state index contributed by atoms with van der Waals surface area (Å²) in [7, 11) is 0. The van der Waals surface area contributed by atoms with Crippen molar-refractivity contribution >= 4 is 0 Å². The third kappa shape index (κ3) is 6.26. The van der Waals surface area contributed by atoms with Gasteiger partial charge >= 0.3 is 0 Å². The van der Waals surface area contributed by atoms with Crippen LogP contribution in [0.2, 0.25) is 0 Å². The lowest BCUT2D eigenvalue weighted by molar-refractivity contribution is 0.626. The van der Waals surface area contributed by atoms with E-state index in [4.69, 9.17) is 0 Å². The van der Waals surface area contributed by atoms with Crippen LogP contribution < -0.4 is 0 Å². The standard InChI is InChI=1S/C28H34FN/c1-3-5-7-9-11-26-18-17-25(21-30-26)23-13-15-24(16-14-23)27-19-12-22(20-28(27)29)10-8-6-4-2/h12-21H,3-11H2,1-2H3. The van der Waals surface area contributed by atoms with Gasteiger partial charge in [0.2, 0.25) is 0 Å². The maximum absolute atomic E-state index is 14.7. The van der Waals surface area contributed by atoms with Gasteiger partial charge in [0.15, 0.2) is 0 Å². The van der Waals surface area contributed by atoms with Gasteiger partial charge in [-0.3, -0.25) is 4.98 Å². The number of nitrogens with zero attached hydrogens (tertiary/aromatic N) is 1. The molecule has 0 aliphatic rings. The zero-order chi connectivity index (χ0) is 21.2. The number of hydrogen-bond acceptors (Lipinski definition) is 1. The minimum atomic E-state index is -0.133. The van der Waals surface area contributed by atoms with Gasteiger partial charge in [-0.2, -0.15) is 0 Å². The van der Waals surface area contributed by atoms with Crippen molar-refractivity contribution < 1.29 is 4.39 Å². The van der Waals surface area contributed by atoms with Gasteiger partial charge in [-0.1, -0.05) is 88.4 Å². The lowest BCUT2D eigenvalue weighted by Gasteiger charge is -2.08. The zero-order valence-electron chi connectivity index (χ0n) is 18.5. The topological polar surface area (TPSA) is 12.9 Å². The molecular formula is C28H34FN. The Morgan fingerprint density at radius 2 is 1.33 bits per heavy atom. The molecule has 0 radical (unpaired) electrons. The fourth-order valence-corrected chi connectivity index (χ4v) is 3.85. The van der Waals surface area contributed by atoms with Crippen LogP contribution in [0, 0.1) is 5.82 Å². The highest BCUT2D eigenvalue weighted by atomic mass is 19.1. The van der Waals surface area contributed by atoms with Crippen molar-refractivity contribution in [3.63, 3.8) is 0 Å². The zero-order valence-corrected chi connectivity index (χ0v) is 18.5. The van der Waals surface area contributed by atoms with Crippen LogP contribution in [0.5, 0.6) is 0 Å². The van der Waals surface area contributed by atoms with Crippen molar-refractivity contribution in [1.29, 1.82) is 0 Å². The number of pyridine rings is 1. The second-order valence-corrected chi connectivity index (χ2v) is 8.20. The summed E-state index contributed by atoms with van der Waals surface area (Å²) in [4.78, 5) is 4.63. The van der Waals surface area contributed by atoms with E-state index in [0.29, 0.717) is 5.56 Å². The molecule has 1 aromatic heterocycles. The summed E-state index contributed by atoms with van der Waals surface area (Å²) < 4.78 is 14.7. The van der Waals surface area contributed by atoms with Gasteiger partial charge in [-0.25, -0.2) is 4.39 Å². The summed E-state index contributed by atoms with van der Waals surface area (Å²) in [6, 6.07) is 18.1. The molecule has 0 fully saturated rings. The quantitative estimate of drug-likeness (QED) is 0.293. The summed E-state index contributed by atoms with van der Waals surface area (Å²) >= 11 is 0. The molecule has 2 heteroatoms. The minimum absolute atomic E-state index is 0.133. The third-order valence-corrected chi connectivity index (χ3v) is 5.74. The summed E-state index contributed by atoms with van der Waals surface area (Å²) in [5.74, 6) is -0.133. The van der Waals surface area contributed by atoms with E-state index in [1.54, 1.807) is 6.07 Å². The van der Waals surface area contributed by atoms with E-state index in [2.05, 4.69) is 49.2 Å². The Labute approximate surface area is 181 Å². The predicted molar refractivity (Wildman–Crippen MR) is 126 cm³/mol.